The van der Waals surface area contributed by atoms with Crippen molar-refractivity contribution in [2.24, 2.45) is 7.05 Å². The number of rotatable bonds is 4. The number of imidazole rings is 1. The zero-order valence-corrected chi connectivity index (χ0v) is 10.5. The Labute approximate surface area is 109 Å². The van der Waals surface area contributed by atoms with E-state index in [9.17, 15) is 9.59 Å². The number of nitrogens with one attached hydrogen (secondary N) is 2. The van der Waals surface area contributed by atoms with E-state index in [1.807, 2.05) is 17.7 Å². The maximum absolute atomic E-state index is 11.7. The van der Waals surface area contributed by atoms with Crippen molar-refractivity contribution in [3.8, 4) is 0 Å². The number of nitrogens with zero attached hydrogens (tertiary/aromatic N) is 2. The number of hydrogen-bond acceptors (Lipinski definition) is 4. The first kappa shape index (κ1) is 13.0. The highest BCUT2D eigenvalue weighted by Gasteiger charge is 2.24. The van der Waals surface area contributed by atoms with Crippen LogP contribution in [0.3, 0.4) is 0 Å². The molecule has 0 spiro atoms. The van der Waals surface area contributed by atoms with Crippen LogP contribution in [-0.4, -0.2) is 39.6 Å². The molecule has 1 heterocycles. The minimum atomic E-state index is -1.28. The molecule has 0 saturated carbocycles. The van der Waals surface area contributed by atoms with Gasteiger partial charge in [-0.15, -0.1) is 0 Å². The molecule has 7 heteroatoms. The van der Waals surface area contributed by atoms with E-state index in [2.05, 4.69) is 15.6 Å². The van der Waals surface area contributed by atoms with Gasteiger partial charge in [0.2, 0.25) is 0 Å². The lowest BCUT2D eigenvalue weighted by Gasteiger charge is -2.11. The number of likely N-dealkylation sites (N-methyl/N-ethyl adjacent to an activating group) is 1. The quantitative estimate of drug-likeness (QED) is 0.683. The highest BCUT2D eigenvalue weighted by atomic mass is 16.4. The number of aliphatic carboxylic acids is 1. The van der Waals surface area contributed by atoms with Crippen molar-refractivity contribution in [2.45, 2.75) is 6.04 Å². The van der Waals surface area contributed by atoms with Crippen LogP contribution in [0.25, 0.3) is 11.0 Å². The monoisotopic (exact) mass is 262 g/mol. The van der Waals surface area contributed by atoms with Gasteiger partial charge in [0.15, 0.2) is 6.04 Å². The molecule has 0 aliphatic heterocycles. The number of carbonyl (C=O) groups is 2. The Kier molecular flexibility index (Phi) is 3.48. The molecule has 2 rings (SSSR count). The molecule has 100 valence electrons. The van der Waals surface area contributed by atoms with Crippen molar-refractivity contribution in [3.05, 3.63) is 24.5 Å². The number of aromatic nitrogens is 2. The Bertz CT molecular complexity index is 635. The topological polar surface area (TPSA) is 96.2 Å². The van der Waals surface area contributed by atoms with E-state index in [1.54, 1.807) is 18.5 Å². The van der Waals surface area contributed by atoms with Crippen molar-refractivity contribution >= 4 is 28.6 Å². The Hall–Kier alpha value is -2.41. The average Bonchev–Trinajstić information content (AvgIpc) is 2.71. The molecule has 2 aromatic rings. The van der Waals surface area contributed by atoms with Crippen LogP contribution in [0.4, 0.5) is 5.69 Å². The molecule has 1 aromatic heterocycles. The molecule has 0 aliphatic rings. The fourth-order valence-corrected chi connectivity index (χ4v) is 1.79. The molecule has 0 saturated heterocycles. The SMILES string of the molecule is CNC(C(=O)O)C(=O)Nc1ccc2c(c1)ncn2C. The van der Waals surface area contributed by atoms with Crippen molar-refractivity contribution in [1.29, 1.82) is 0 Å². The zero-order chi connectivity index (χ0) is 14.0. The Morgan fingerprint density at radius 1 is 1.42 bits per heavy atom. The molecular weight excluding hydrogens is 248 g/mol. The van der Waals surface area contributed by atoms with Crippen LogP contribution in [-0.2, 0) is 16.6 Å². The van der Waals surface area contributed by atoms with Gasteiger partial charge in [-0.3, -0.25) is 10.1 Å². The largest absolute Gasteiger partial charge is 0.480 e. The van der Waals surface area contributed by atoms with Crippen LogP contribution >= 0.6 is 0 Å². The highest BCUT2D eigenvalue weighted by molar-refractivity contribution is 6.08. The first-order valence-electron chi connectivity index (χ1n) is 5.65. The summed E-state index contributed by atoms with van der Waals surface area (Å²) in [5, 5.41) is 13.8. The van der Waals surface area contributed by atoms with Crippen LogP contribution in [0, 0.1) is 0 Å². The summed E-state index contributed by atoms with van der Waals surface area (Å²) in [6, 6.07) is 3.94. The van der Waals surface area contributed by atoms with E-state index in [0.717, 1.165) is 11.0 Å². The number of carboxylic acids is 1. The summed E-state index contributed by atoms with van der Waals surface area (Å²) < 4.78 is 1.86. The van der Waals surface area contributed by atoms with Crippen molar-refractivity contribution in [2.75, 3.05) is 12.4 Å². The predicted octanol–water partition coefficient (Wildman–Crippen LogP) is 0.184. The number of fused-ring (bicyclic) bond motifs is 1. The van der Waals surface area contributed by atoms with E-state index in [4.69, 9.17) is 5.11 Å². The van der Waals surface area contributed by atoms with Gasteiger partial charge in [-0.1, -0.05) is 0 Å². The van der Waals surface area contributed by atoms with Crippen LogP contribution in [0.1, 0.15) is 0 Å². The van der Waals surface area contributed by atoms with Gasteiger partial charge >= 0.3 is 5.97 Å². The van der Waals surface area contributed by atoms with Crippen LogP contribution in [0.5, 0.6) is 0 Å². The summed E-state index contributed by atoms with van der Waals surface area (Å²) in [5.41, 5.74) is 2.18. The van der Waals surface area contributed by atoms with Crippen molar-refractivity contribution < 1.29 is 14.7 Å². The minimum Gasteiger partial charge on any atom is -0.480 e. The first-order valence-corrected chi connectivity index (χ1v) is 5.65. The summed E-state index contributed by atoms with van der Waals surface area (Å²) in [6.45, 7) is 0. The highest BCUT2D eigenvalue weighted by Crippen LogP contribution is 2.17. The average molecular weight is 262 g/mol. The normalized spacial score (nSPS) is 12.3. The van der Waals surface area contributed by atoms with Gasteiger partial charge in [-0.05, 0) is 25.2 Å². The molecule has 3 N–H and O–H groups in total. The second-order valence-electron chi connectivity index (χ2n) is 4.11. The lowest BCUT2D eigenvalue weighted by molar-refractivity contribution is -0.142. The molecule has 0 aliphatic carbocycles. The number of carboxylic acid groups (broad SMARTS) is 1. The first-order chi connectivity index (χ1) is 9.02. The van der Waals surface area contributed by atoms with Crippen molar-refractivity contribution in [3.63, 3.8) is 0 Å². The minimum absolute atomic E-state index is 0.512. The maximum atomic E-state index is 11.7. The number of anilines is 1. The number of amides is 1. The smallest absolute Gasteiger partial charge is 0.330 e. The Morgan fingerprint density at radius 3 is 2.79 bits per heavy atom. The van der Waals surface area contributed by atoms with Gasteiger partial charge in [0.25, 0.3) is 5.91 Å². The van der Waals surface area contributed by atoms with E-state index in [0.29, 0.717) is 5.69 Å². The Morgan fingerprint density at radius 2 is 2.16 bits per heavy atom. The van der Waals surface area contributed by atoms with E-state index < -0.39 is 17.9 Å². The molecule has 0 bridgehead atoms. The number of hydrogen-bond donors (Lipinski definition) is 3. The molecule has 1 unspecified atom stereocenters. The lowest BCUT2D eigenvalue weighted by atomic mass is 10.2. The molecular formula is C12H14N4O3. The molecule has 7 nitrogen and oxygen atoms in total. The van der Waals surface area contributed by atoms with Gasteiger partial charge in [0.1, 0.15) is 0 Å². The summed E-state index contributed by atoms with van der Waals surface area (Å²) in [6.07, 6.45) is 1.67. The molecule has 19 heavy (non-hydrogen) atoms. The number of carbonyl (C=O) groups excluding carboxylic acids is 1. The number of benzene rings is 1. The summed E-state index contributed by atoms with van der Waals surface area (Å²) in [7, 11) is 3.29. The van der Waals surface area contributed by atoms with E-state index in [-0.39, 0.29) is 0 Å². The molecule has 1 atom stereocenters. The third-order valence-electron chi connectivity index (χ3n) is 2.79. The summed E-state index contributed by atoms with van der Waals surface area (Å²) in [4.78, 5) is 26.8. The second kappa shape index (κ2) is 5.07. The standard InChI is InChI=1S/C12H14N4O3/c1-13-10(12(18)19)11(17)15-7-3-4-9-8(5-7)14-6-16(9)2/h3-6,10,13H,1-2H3,(H,15,17)(H,18,19). The van der Waals surface area contributed by atoms with E-state index >= 15 is 0 Å². The van der Waals surface area contributed by atoms with Crippen LogP contribution < -0.4 is 10.6 Å². The Balaban J connectivity index is 2.21. The lowest BCUT2D eigenvalue weighted by Crippen LogP contribution is -2.44. The second-order valence-corrected chi connectivity index (χ2v) is 4.11. The fraction of sp³-hybridized carbons (Fsp3) is 0.250. The third kappa shape index (κ3) is 2.55. The summed E-state index contributed by atoms with van der Waals surface area (Å²) >= 11 is 0. The molecule has 1 amide bonds. The third-order valence-corrected chi connectivity index (χ3v) is 2.79. The van der Waals surface area contributed by atoms with Gasteiger partial charge in [0, 0.05) is 12.7 Å². The predicted molar refractivity (Wildman–Crippen MR) is 69.8 cm³/mol. The zero-order valence-electron chi connectivity index (χ0n) is 10.5. The van der Waals surface area contributed by atoms with Crippen LogP contribution in [0.15, 0.2) is 24.5 Å². The van der Waals surface area contributed by atoms with Gasteiger partial charge in [-0.25, -0.2) is 9.78 Å². The van der Waals surface area contributed by atoms with E-state index in [1.165, 1.54) is 7.05 Å². The maximum Gasteiger partial charge on any atom is 0.330 e. The van der Waals surface area contributed by atoms with Gasteiger partial charge in [-0.2, -0.15) is 0 Å². The molecule has 0 radical (unpaired) electrons. The molecule has 0 fully saturated rings. The van der Waals surface area contributed by atoms with Gasteiger partial charge in [0.05, 0.1) is 17.4 Å². The van der Waals surface area contributed by atoms with Crippen LogP contribution in [0.2, 0.25) is 0 Å². The summed E-state index contributed by atoms with van der Waals surface area (Å²) in [5.74, 6) is -1.84. The number of aryl methyl sites for hydroxylation is 1. The molecule has 1 aromatic carbocycles. The fourth-order valence-electron chi connectivity index (χ4n) is 1.79. The van der Waals surface area contributed by atoms with Crippen molar-refractivity contribution in [1.82, 2.24) is 14.9 Å². The van der Waals surface area contributed by atoms with Gasteiger partial charge < -0.3 is 15.0 Å².